The number of benzene rings is 1. The van der Waals surface area contributed by atoms with Gasteiger partial charge in [0.2, 0.25) is 0 Å². The number of H-pyrrole nitrogens is 1. The molecule has 0 radical (unpaired) electrons. The maximum absolute atomic E-state index is 11.9. The van der Waals surface area contributed by atoms with Crippen molar-refractivity contribution in [3.05, 3.63) is 28.4 Å². The highest BCUT2D eigenvalue weighted by atomic mass is 35.5. The molecule has 2 heterocycles. The molecule has 1 amide bonds. The molecule has 5 heteroatoms. The zero-order valence-electron chi connectivity index (χ0n) is 9.26. The van der Waals surface area contributed by atoms with Crippen LogP contribution >= 0.6 is 11.6 Å². The summed E-state index contributed by atoms with van der Waals surface area (Å²) in [6.45, 7) is 0.661. The number of carbonyl (C=O) groups is 1. The highest BCUT2D eigenvalue weighted by Crippen LogP contribution is 2.37. The van der Waals surface area contributed by atoms with Gasteiger partial charge in [-0.15, -0.1) is 0 Å². The number of nitrogens with one attached hydrogen (secondary N) is 2. The van der Waals surface area contributed by atoms with Gasteiger partial charge in [-0.25, -0.2) is 0 Å². The van der Waals surface area contributed by atoms with Crippen molar-refractivity contribution in [1.29, 1.82) is 0 Å². The summed E-state index contributed by atoms with van der Waals surface area (Å²) in [5.41, 5.74) is 2.49. The molecule has 0 saturated carbocycles. The van der Waals surface area contributed by atoms with Crippen LogP contribution in [0.1, 0.15) is 16.1 Å². The standard InChI is InChI=1S/C12H11ClN2O2/c1-17-11-6(13)2-3-7-9(11)10-8(15-7)4-5-14-12(10)16/h2-3,15H,4-5H2,1H3,(H,14,16). The third-order valence-corrected chi connectivity index (χ3v) is 3.34. The van der Waals surface area contributed by atoms with Gasteiger partial charge in [0.1, 0.15) is 5.75 Å². The molecule has 2 N–H and O–H groups in total. The molecule has 3 rings (SSSR count). The Labute approximate surface area is 103 Å². The molecule has 1 aromatic carbocycles. The third kappa shape index (κ3) is 1.41. The molecule has 17 heavy (non-hydrogen) atoms. The van der Waals surface area contributed by atoms with E-state index >= 15 is 0 Å². The van der Waals surface area contributed by atoms with Crippen molar-refractivity contribution in [2.24, 2.45) is 0 Å². The third-order valence-electron chi connectivity index (χ3n) is 3.04. The van der Waals surface area contributed by atoms with E-state index in [0.29, 0.717) is 22.9 Å². The van der Waals surface area contributed by atoms with Crippen LogP contribution in [0.25, 0.3) is 10.9 Å². The summed E-state index contributed by atoms with van der Waals surface area (Å²) in [5, 5.41) is 4.11. The van der Waals surface area contributed by atoms with E-state index < -0.39 is 0 Å². The molecule has 2 aromatic rings. The van der Waals surface area contributed by atoms with E-state index in [0.717, 1.165) is 23.0 Å². The first kappa shape index (κ1) is 10.5. The largest absolute Gasteiger partial charge is 0.494 e. The number of methoxy groups -OCH3 is 1. The highest BCUT2D eigenvalue weighted by molar-refractivity contribution is 6.33. The summed E-state index contributed by atoms with van der Waals surface area (Å²) >= 11 is 6.08. The molecule has 88 valence electrons. The normalized spacial score (nSPS) is 14.6. The van der Waals surface area contributed by atoms with Crippen molar-refractivity contribution in [2.75, 3.05) is 13.7 Å². The molecular formula is C12H11ClN2O2. The molecule has 1 aliphatic heterocycles. The molecule has 0 unspecified atom stereocenters. The minimum Gasteiger partial charge on any atom is -0.494 e. The Balaban J connectivity index is 2.42. The summed E-state index contributed by atoms with van der Waals surface area (Å²) in [6, 6.07) is 3.63. The Morgan fingerprint density at radius 2 is 2.24 bits per heavy atom. The number of aromatic nitrogens is 1. The predicted octanol–water partition coefficient (Wildman–Crippen LogP) is 2.12. The number of hydrogen-bond donors (Lipinski definition) is 2. The van der Waals surface area contributed by atoms with E-state index in [1.807, 2.05) is 6.07 Å². The van der Waals surface area contributed by atoms with Gasteiger partial charge in [0.05, 0.1) is 28.6 Å². The number of carbonyl (C=O) groups excluding carboxylic acids is 1. The second-order valence-electron chi connectivity index (χ2n) is 3.99. The molecule has 4 nitrogen and oxygen atoms in total. The first-order valence-electron chi connectivity index (χ1n) is 5.37. The first-order chi connectivity index (χ1) is 8.22. The maximum Gasteiger partial charge on any atom is 0.253 e. The Kier molecular flexibility index (Phi) is 2.26. The van der Waals surface area contributed by atoms with Crippen LogP contribution in [0.3, 0.4) is 0 Å². The number of rotatable bonds is 1. The summed E-state index contributed by atoms with van der Waals surface area (Å²) in [6.07, 6.45) is 0.802. The van der Waals surface area contributed by atoms with Gasteiger partial charge < -0.3 is 15.0 Å². The van der Waals surface area contributed by atoms with E-state index in [4.69, 9.17) is 16.3 Å². The minimum atomic E-state index is -0.0712. The number of aromatic amines is 1. The minimum absolute atomic E-state index is 0.0712. The molecule has 0 saturated heterocycles. The molecule has 0 aliphatic carbocycles. The Morgan fingerprint density at radius 3 is 3.00 bits per heavy atom. The van der Waals surface area contributed by atoms with Crippen molar-refractivity contribution in [3.8, 4) is 5.75 Å². The van der Waals surface area contributed by atoms with Gasteiger partial charge in [0.25, 0.3) is 5.91 Å². The van der Waals surface area contributed by atoms with Gasteiger partial charge in [-0.3, -0.25) is 4.79 Å². The molecule has 0 fully saturated rings. The van der Waals surface area contributed by atoms with Crippen molar-refractivity contribution in [2.45, 2.75) is 6.42 Å². The van der Waals surface area contributed by atoms with Gasteiger partial charge in [0.15, 0.2) is 0 Å². The molecule has 1 aliphatic rings. The van der Waals surface area contributed by atoms with Crippen LogP contribution in [0, 0.1) is 0 Å². The molecule has 0 atom stereocenters. The van der Waals surface area contributed by atoms with Gasteiger partial charge >= 0.3 is 0 Å². The average Bonchev–Trinajstić information content (AvgIpc) is 2.69. The van der Waals surface area contributed by atoms with Crippen LogP contribution in [0.15, 0.2) is 12.1 Å². The lowest BCUT2D eigenvalue weighted by molar-refractivity contribution is 0.0947. The van der Waals surface area contributed by atoms with Crippen molar-refractivity contribution in [1.82, 2.24) is 10.3 Å². The fourth-order valence-corrected chi connectivity index (χ4v) is 2.55. The number of ether oxygens (including phenoxy) is 1. The molecule has 1 aromatic heterocycles. The van der Waals surface area contributed by atoms with Gasteiger partial charge in [0, 0.05) is 18.7 Å². The Hall–Kier alpha value is -1.68. The maximum atomic E-state index is 11.9. The Bertz CT molecular complexity index is 618. The lowest BCUT2D eigenvalue weighted by Crippen LogP contribution is -2.31. The topological polar surface area (TPSA) is 54.1 Å². The van der Waals surface area contributed by atoms with Crippen LogP contribution in [-0.2, 0) is 6.42 Å². The van der Waals surface area contributed by atoms with E-state index in [2.05, 4.69) is 10.3 Å². The van der Waals surface area contributed by atoms with E-state index in [1.165, 1.54) is 0 Å². The average molecular weight is 251 g/mol. The molecule has 0 spiro atoms. The summed E-state index contributed by atoms with van der Waals surface area (Å²) < 4.78 is 5.30. The van der Waals surface area contributed by atoms with Crippen LogP contribution in [0.2, 0.25) is 5.02 Å². The highest BCUT2D eigenvalue weighted by Gasteiger charge is 2.25. The number of hydrogen-bond acceptors (Lipinski definition) is 2. The lowest BCUT2D eigenvalue weighted by atomic mass is 10.0. The van der Waals surface area contributed by atoms with E-state index in [9.17, 15) is 4.79 Å². The fraction of sp³-hybridized carbons (Fsp3) is 0.250. The van der Waals surface area contributed by atoms with Crippen molar-refractivity contribution < 1.29 is 9.53 Å². The summed E-state index contributed by atoms with van der Waals surface area (Å²) in [5.74, 6) is 0.483. The number of fused-ring (bicyclic) bond motifs is 3. The zero-order chi connectivity index (χ0) is 12.0. The summed E-state index contributed by atoms with van der Waals surface area (Å²) in [7, 11) is 1.56. The lowest BCUT2D eigenvalue weighted by Gasteiger charge is -2.13. The molecule has 0 bridgehead atoms. The smallest absolute Gasteiger partial charge is 0.253 e. The quantitative estimate of drug-likeness (QED) is 0.815. The fourth-order valence-electron chi connectivity index (χ4n) is 2.31. The van der Waals surface area contributed by atoms with Crippen LogP contribution in [-0.4, -0.2) is 24.5 Å². The predicted molar refractivity (Wildman–Crippen MR) is 65.9 cm³/mol. The van der Waals surface area contributed by atoms with Crippen LogP contribution in [0.5, 0.6) is 5.75 Å². The molecular weight excluding hydrogens is 240 g/mol. The first-order valence-corrected chi connectivity index (χ1v) is 5.75. The second-order valence-corrected chi connectivity index (χ2v) is 4.39. The van der Waals surface area contributed by atoms with Gasteiger partial charge in [-0.05, 0) is 12.1 Å². The summed E-state index contributed by atoms with van der Waals surface area (Å²) in [4.78, 5) is 15.2. The van der Waals surface area contributed by atoms with E-state index in [-0.39, 0.29) is 5.91 Å². The van der Waals surface area contributed by atoms with Crippen molar-refractivity contribution >= 4 is 28.4 Å². The zero-order valence-corrected chi connectivity index (χ0v) is 10.0. The van der Waals surface area contributed by atoms with Gasteiger partial charge in [-0.1, -0.05) is 11.6 Å². The van der Waals surface area contributed by atoms with Gasteiger partial charge in [-0.2, -0.15) is 0 Å². The van der Waals surface area contributed by atoms with E-state index in [1.54, 1.807) is 13.2 Å². The monoisotopic (exact) mass is 250 g/mol. The SMILES string of the molecule is COc1c(Cl)ccc2[nH]c3c(c12)C(=O)NCC3. The van der Waals surface area contributed by atoms with Crippen LogP contribution < -0.4 is 10.1 Å². The van der Waals surface area contributed by atoms with Crippen molar-refractivity contribution in [3.63, 3.8) is 0 Å². The number of amides is 1. The second kappa shape index (κ2) is 3.67. The Morgan fingerprint density at radius 1 is 1.41 bits per heavy atom. The number of halogens is 1. The van der Waals surface area contributed by atoms with Crippen LogP contribution in [0.4, 0.5) is 0 Å².